The summed E-state index contributed by atoms with van der Waals surface area (Å²) >= 11 is 0. The van der Waals surface area contributed by atoms with E-state index in [4.69, 9.17) is 10.5 Å². The number of hydrogen-bond acceptors (Lipinski definition) is 11. The lowest BCUT2D eigenvalue weighted by atomic mass is 10.1. The number of likely N-dealkylation sites (N-methyl/N-ethyl adjacent to an activating group) is 1. The molecule has 2 aliphatic rings. The van der Waals surface area contributed by atoms with Gasteiger partial charge in [0.15, 0.2) is 17.9 Å². The lowest BCUT2D eigenvalue weighted by Gasteiger charge is -2.38. The molecule has 4 rings (SSSR count). The fraction of sp³-hybridized carbons (Fsp3) is 0.450. The second-order valence-electron chi connectivity index (χ2n) is 8.32. The predicted octanol–water partition coefficient (Wildman–Crippen LogP) is -2.25. The Hall–Kier alpha value is -2.88. The van der Waals surface area contributed by atoms with E-state index in [1.54, 1.807) is 30.3 Å². The molecule has 0 radical (unpaired) electrons. The van der Waals surface area contributed by atoms with Crippen molar-refractivity contribution < 1.29 is 39.2 Å². The number of aliphatic hydroxyl groups excluding tert-OH is 3. The van der Waals surface area contributed by atoms with Crippen LogP contribution in [0.4, 0.5) is 17.3 Å². The maximum atomic E-state index is 12.9. The summed E-state index contributed by atoms with van der Waals surface area (Å²) in [6.45, 7) is -0.951. The molecule has 36 heavy (non-hydrogen) atoms. The van der Waals surface area contributed by atoms with Gasteiger partial charge in [-0.2, -0.15) is 0 Å². The Bertz CT molecular complexity index is 1140. The van der Waals surface area contributed by atoms with Crippen LogP contribution in [-0.4, -0.2) is 96.7 Å². The highest BCUT2D eigenvalue weighted by molar-refractivity contribution is 7.49. The summed E-state index contributed by atoms with van der Waals surface area (Å²) in [4.78, 5) is 43.2. The number of anilines is 3. The number of hydrazine groups is 1. The maximum absolute atomic E-state index is 12.9. The highest BCUT2D eigenvalue weighted by Crippen LogP contribution is 2.51. The predicted molar refractivity (Wildman–Crippen MR) is 126 cm³/mol. The van der Waals surface area contributed by atoms with Gasteiger partial charge in [0.1, 0.15) is 43.0 Å². The molecule has 1 aromatic heterocycles. The molecular formula is C20H28N7O8P. The van der Waals surface area contributed by atoms with E-state index >= 15 is 0 Å². The number of aliphatic hydroxyl groups is 3. The van der Waals surface area contributed by atoms with Crippen LogP contribution in [0.5, 0.6) is 0 Å². The van der Waals surface area contributed by atoms with E-state index in [1.165, 1.54) is 11.9 Å². The number of fused-ring (bicyclic) bond motifs is 1. The zero-order valence-corrected chi connectivity index (χ0v) is 20.1. The summed E-state index contributed by atoms with van der Waals surface area (Å²) in [7, 11) is -3.85. The highest BCUT2D eigenvalue weighted by atomic mass is 31.2. The molecule has 0 bridgehead atoms. The number of nitrogens with two attached hydrogens (primary N) is 1. The first kappa shape index (κ1) is 26.2. The Labute approximate surface area is 205 Å². The largest absolute Gasteiger partial charge is 0.421 e. The van der Waals surface area contributed by atoms with Gasteiger partial charge in [0.25, 0.3) is 0 Å². The van der Waals surface area contributed by atoms with Crippen molar-refractivity contribution in [3.05, 3.63) is 42.2 Å². The summed E-state index contributed by atoms with van der Waals surface area (Å²) in [5, 5.41) is 33.8. The van der Waals surface area contributed by atoms with Gasteiger partial charge in [0, 0.05) is 7.05 Å². The van der Waals surface area contributed by atoms with Crippen LogP contribution < -0.4 is 21.0 Å². The van der Waals surface area contributed by atoms with Gasteiger partial charge in [-0.25, -0.2) is 14.5 Å². The molecule has 2 aromatic rings. The molecule has 5 atom stereocenters. The zero-order valence-electron chi connectivity index (χ0n) is 19.2. The molecule has 15 nitrogen and oxygen atoms in total. The monoisotopic (exact) mass is 525 g/mol. The molecule has 0 aliphatic carbocycles. The lowest BCUT2D eigenvalue weighted by Crippen LogP contribution is -2.56. The minimum Gasteiger partial charge on any atom is -0.394 e. The highest BCUT2D eigenvalue weighted by Gasteiger charge is 2.52. The molecule has 1 aromatic carbocycles. The first-order valence-electron chi connectivity index (χ1n) is 11.0. The molecule has 8 N–H and O–H groups in total. The third-order valence-electron chi connectivity index (χ3n) is 6.09. The molecule has 0 spiro atoms. The Morgan fingerprint density at radius 3 is 2.56 bits per heavy atom. The SMILES string of the molecule is CNC(=O)C(Cc1ccccc1)N(N1CN([C@@H]2O[C@H](CO)C(O)C2O)c2ncnc(N)c21)P(=O)(O)O. The topological polar surface area (TPSA) is 218 Å². The van der Waals surface area contributed by atoms with E-state index in [9.17, 15) is 34.5 Å². The van der Waals surface area contributed by atoms with Gasteiger partial charge in [0.05, 0.1) is 6.61 Å². The molecule has 1 fully saturated rings. The third-order valence-corrected chi connectivity index (χ3v) is 7.11. The average Bonchev–Trinajstić information content (AvgIpc) is 3.36. The molecule has 1 amide bonds. The summed E-state index contributed by atoms with van der Waals surface area (Å²) in [6, 6.07) is 7.28. The van der Waals surface area contributed by atoms with E-state index in [2.05, 4.69) is 15.3 Å². The Morgan fingerprint density at radius 1 is 1.28 bits per heavy atom. The third kappa shape index (κ3) is 4.75. The van der Waals surface area contributed by atoms with Gasteiger partial charge in [-0.15, -0.1) is 4.78 Å². The first-order valence-corrected chi connectivity index (χ1v) is 12.5. The summed E-state index contributed by atoms with van der Waals surface area (Å²) in [5.41, 5.74) is 6.70. The van der Waals surface area contributed by atoms with E-state index in [0.717, 1.165) is 11.3 Å². The van der Waals surface area contributed by atoms with Gasteiger partial charge in [-0.1, -0.05) is 30.3 Å². The number of benzene rings is 1. The number of carbonyl (C=O) groups excluding carboxylic acids is 1. The summed E-state index contributed by atoms with van der Waals surface area (Å²) < 4.78 is 19.1. The normalized spacial score (nSPS) is 24.8. The smallest absolute Gasteiger partial charge is 0.394 e. The molecule has 0 saturated carbocycles. The minimum atomic E-state index is -5.20. The number of hydrogen-bond donors (Lipinski definition) is 7. The van der Waals surface area contributed by atoms with Gasteiger partial charge >= 0.3 is 7.75 Å². The molecule has 196 valence electrons. The van der Waals surface area contributed by atoms with E-state index in [1.807, 2.05) is 0 Å². The van der Waals surface area contributed by atoms with Crippen LogP contribution in [0.3, 0.4) is 0 Å². The van der Waals surface area contributed by atoms with Crippen LogP contribution >= 0.6 is 7.75 Å². The van der Waals surface area contributed by atoms with Gasteiger partial charge in [0.2, 0.25) is 5.91 Å². The number of nitrogen functional groups attached to an aromatic ring is 1. The number of carbonyl (C=O) groups is 1. The second-order valence-corrected chi connectivity index (χ2v) is 9.76. The van der Waals surface area contributed by atoms with Crippen molar-refractivity contribution in [2.24, 2.45) is 0 Å². The fourth-order valence-electron chi connectivity index (χ4n) is 4.40. The summed E-state index contributed by atoms with van der Waals surface area (Å²) in [5.74, 6) is -0.778. The molecular weight excluding hydrogens is 497 g/mol. The fourth-order valence-corrected chi connectivity index (χ4v) is 5.38. The van der Waals surface area contributed by atoms with Crippen molar-refractivity contribution in [3.8, 4) is 0 Å². The number of ether oxygens (including phenoxy) is 1. The van der Waals surface area contributed by atoms with Crippen molar-refractivity contribution in [1.82, 2.24) is 20.1 Å². The maximum Gasteiger partial charge on any atom is 0.421 e. The number of amides is 1. The van der Waals surface area contributed by atoms with Crippen LogP contribution in [0, 0.1) is 0 Å². The van der Waals surface area contributed by atoms with Crippen LogP contribution in [-0.2, 0) is 20.5 Å². The van der Waals surface area contributed by atoms with E-state index in [0.29, 0.717) is 10.3 Å². The van der Waals surface area contributed by atoms with E-state index in [-0.39, 0.29) is 30.4 Å². The van der Waals surface area contributed by atoms with Crippen molar-refractivity contribution >= 4 is 31.0 Å². The number of aromatic nitrogens is 2. The van der Waals surface area contributed by atoms with Crippen molar-refractivity contribution in [1.29, 1.82) is 0 Å². The van der Waals surface area contributed by atoms with Crippen LogP contribution in [0.15, 0.2) is 36.7 Å². The Morgan fingerprint density at radius 2 is 1.97 bits per heavy atom. The molecule has 3 heterocycles. The van der Waals surface area contributed by atoms with Crippen molar-refractivity contribution in [2.75, 3.05) is 36.0 Å². The van der Waals surface area contributed by atoms with E-state index < -0.39 is 50.8 Å². The van der Waals surface area contributed by atoms with Crippen molar-refractivity contribution in [2.45, 2.75) is 37.0 Å². The number of nitrogens with zero attached hydrogens (tertiary/aromatic N) is 5. The molecule has 16 heteroatoms. The van der Waals surface area contributed by atoms with Crippen molar-refractivity contribution in [3.63, 3.8) is 0 Å². The second kappa shape index (κ2) is 10.2. The Kier molecular flexibility index (Phi) is 7.45. The quantitative estimate of drug-likeness (QED) is 0.181. The van der Waals surface area contributed by atoms with Crippen LogP contribution in [0.2, 0.25) is 0 Å². The molecule has 2 aliphatic heterocycles. The standard InChI is InChI=1S/C20H28N7O8P/c1-22-19(31)12(7-11-5-3-2-4-6-11)27(36(32,33)34)26-10-25(18-14(26)17(21)23-9-24-18)20-16(30)15(29)13(8-28)35-20/h2-6,9,12-13,15-16,20,28-30H,7-8,10H2,1H3,(H,22,31)(H2,21,23,24)(H2,32,33,34)/t12?,13-,15?,16?,20-/m1/s1. The van der Waals surface area contributed by atoms with Gasteiger partial charge < -0.3 is 45.8 Å². The zero-order chi connectivity index (χ0) is 26.2. The minimum absolute atomic E-state index is 0.0273. The molecule has 3 unspecified atom stereocenters. The average molecular weight is 525 g/mol. The Balaban J connectivity index is 1.79. The van der Waals surface area contributed by atoms with Crippen LogP contribution in [0.1, 0.15) is 5.56 Å². The lowest BCUT2D eigenvalue weighted by molar-refractivity contribution is -0.125. The number of rotatable bonds is 8. The van der Waals surface area contributed by atoms with Gasteiger partial charge in [-0.05, 0) is 12.0 Å². The summed E-state index contributed by atoms with van der Waals surface area (Å²) in [6.07, 6.45) is -4.22. The molecule has 1 saturated heterocycles. The van der Waals surface area contributed by atoms with Gasteiger partial charge in [-0.3, -0.25) is 9.80 Å². The first-order chi connectivity index (χ1) is 17.1. The van der Waals surface area contributed by atoms with Crippen LogP contribution in [0.25, 0.3) is 0 Å². The number of nitrogens with one attached hydrogen (secondary N) is 1.